The van der Waals surface area contributed by atoms with E-state index in [-0.39, 0.29) is 0 Å². The summed E-state index contributed by atoms with van der Waals surface area (Å²) in [6.45, 7) is 0.861. The number of anilines is 1. The molecule has 0 amide bonds. The van der Waals surface area contributed by atoms with Crippen LogP contribution in [0.5, 0.6) is 0 Å². The van der Waals surface area contributed by atoms with Crippen LogP contribution in [-0.4, -0.2) is 20.2 Å². The minimum atomic E-state index is 0.716. The lowest BCUT2D eigenvalue weighted by Crippen LogP contribution is -2.05. The number of hydrogen-bond acceptors (Lipinski definition) is 4. The Labute approximate surface area is 133 Å². The molecule has 1 saturated carbocycles. The second-order valence-electron chi connectivity index (χ2n) is 5.76. The standard InChI is InChI=1S/C15H20BrN5/c16-14-8-7-12(17)10-13(14)15-18-19-20-21(15)9-3-6-11-4-1-2-5-11/h7-8,10-11H,1-6,9,17H2. The molecule has 0 unspecified atom stereocenters. The second-order valence-corrected chi connectivity index (χ2v) is 6.61. The Balaban J connectivity index is 1.69. The molecule has 112 valence electrons. The van der Waals surface area contributed by atoms with E-state index in [1.165, 1.54) is 32.1 Å². The van der Waals surface area contributed by atoms with Crippen LogP contribution < -0.4 is 5.73 Å². The van der Waals surface area contributed by atoms with Gasteiger partial charge in [0.25, 0.3) is 0 Å². The Hall–Kier alpha value is -1.43. The Morgan fingerprint density at radius 1 is 1.29 bits per heavy atom. The van der Waals surface area contributed by atoms with E-state index >= 15 is 0 Å². The average Bonchev–Trinajstić information content (AvgIpc) is 3.13. The van der Waals surface area contributed by atoms with E-state index in [0.29, 0.717) is 5.69 Å². The fourth-order valence-electron chi connectivity index (χ4n) is 3.09. The number of tetrazole rings is 1. The second kappa shape index (κ2) is 6.56. The number of nitrogen functional groups attached to an aromatic ring is 1. The maximum atomic E-state index is 5.87. The molecule has 5 nitrogen and oxygen atoms in total. The quantitative estimate of drug-likeness (QED) is 0.836. The minimum Gasteiger partial charge on any atom is -0.399 e. The minimum absolute atomic E-state index is 0.716. The number of nitrogens with two attached hydrogens (primary N) is 1. The van der Waals surface area contributed by atoms with Crippen LogP contribution in [0.2, 0.25) is 0 Å². The lowest BCUT2D eigenvalue weighted by molar-refractivity contribution is 0.444. The van der Waals surface area contributed by atoms with Crippen LogP contribution in [0, 0.1) is 5.92 Å². The molecule has 0 saturated heterocycles. The molecule has 6 heteroatoms. The van der Waals surface area contributed by atoms with Crippen molar-refractivity contribution in [3.8, 4) is 11.4 Å². The largest absolute Gasteiger partial charge is 0.399 e. The molecule has 2 aromatic rings. The Morgan fingerprint density at radius 2 is 2.10 bits per heavy atom. The normalized spacial score (nSPS) is 15.7. The third-order valence-corrected chi connectivity index (χ3v) is 4.91. The molecule has 1 aliphatic rings. The van der Waals surface area contributed by atoms with Gasteiger partial charge in [0.1, 0.15) is 0 Å². The maximum absolute atomic E-state index is 5.87. The van der Waals surface area contributed by atoms with Gasteiger partial charge in [-0.25, -0.2) is 4.68 Å². The van der Waals surface area contributed by atoms with Crippen LogP contribution in [-0.2, 0) is 6.54 Å². The molecule has 0 atom stereocenters. The molecule has 0 radical (unpaired) electrons. The van der Waals surface area contributed by atoms with Gasteiger partial charge in [-0.2, -0.15) is 0 Å². The van der Waals surface area contributed by atoms with Gasteiger partial charge in [0.2, 0.25) is 0 Å². The average molecular weight is 350 g/mol. The SMILES string of the molecule is Nc1ccc(Br)c(-c2nnnn2CCCC2CCCC2)c1. The highest BCUT2D eigenvalue weighted by atomic mass is 79.9. The first-order chi connectivity index (χ1) is 10.2. The number of rotatable bonds is 5. The first-order valence-electron chi connectivity index (χ1n) is 7.55. The summed E-state index contributed by atoms with van der Waals surface area (Å²) in [5, 5.41) is 12.1. The lowest BCUT2D eigenvalue weighted by atomic mass is 10.0. The van der Waals surface area contributed by atoms with Crippen LogP contribution >= 0.6 is 15.9 Å². The number of hydrogen-bond donors (Lipinski definition) is 1. The maximum Gasteiger partial charge on any atom is 0.183 e. The van der Waals surface area contributed by atoms with Crippen molar-refractivity contribution < 1.29 is 0 Å². The zero-order valence-corrected chi connectivity index (χ0v) is 13.6. The van der Waals surface area contributed by atoms with Crippen molar-refractivity contribution in [2.45, 2.75) is 45.1 Å². The van der Waals surface area contributed by atoms with Crippen molar-refractivity contribution in [3.05, 3.63) is 22.7 Å². The molecule has 21 heavy (non-hydrogen) atoms. The first kappa shape index (κ1) is 14.5. The number of nitrogens with zero attached hydrogens (tertiary/aromatic N) is 4. The molecule has 0 bridgehead atoms. The van der Waals surface area contributed by atoms with E-state index in [2.05, 4.69) is 31.5 Å². The molecular formula is C15H20BrN5. The molecule has 1 aromatic carbocycles. The number of aromatic nitrogens is 4. The van der Waals surface area contributed by atoms with Gasteiger partial charge in [-0.15, -0.1) is 5.10 Å². The first-order valence-corrected chi connectivity index (χ1v) is 8.35. The summed E-state index contributed by atoms with van der Waals surface area (Å²) >= 11 is 3.54. The smallest absolute Gasteiger partial charge is 0.183 e. The predicted molar refractivity (Wildman–Crippen MR) is 86.6 cm³/mol. The van der Waals surface area contributed by atoms with Gasteiger partial charge in [-0.1, -0.05) is 41.6 Å². The third kappa shape index (κ3) is 3.43. The summed E-state index contributed by atoms with van der Waals surface area (Å²) in [5.41, 5.74) is 7.53. The summed E-state index contributed by atoms with van der Waals surface area (Å²) in [7, 11) is 0. The van der Waals surface area contributed by atoms with Crippen LogP contribution in [0.15, 0.2) is 22.7 Å². The monoisotopic (exact) mass is 349 g/mol. The van der Waals surface area contributed by atoms with E-state index in [4.69, 9.17) is 5.73 Å². The van der Waals surface area contributed by atoms with Crippen LogP contribution in [0.1, 0.15) is 38.5 Å². The molecule has 3 rings (SSSR count). The van der Waals surface area contributed by atoms with Crippen molar-refractivity contribution in [2.75, 3.05) is 5.73 Å². The zero-order chi connectivity index (χ0) is 14.7. The van der Waals surface area contributed by atoms with Gasteiger partial charge in [0, 0.05) is 22.3 Å². The molecule has 1 fully saturated rings. The van der Waals surface area contributed by atoms with Crippen LogP contribution in [0.3, 0.4) is 0 Å². The summed E-state index contributed by atoms with van der Waals surface area (Å²) in [4.78, 5) is 0. The van der Waals surface area contributed by atoms with Gasteiger partial charge in [-0.05, 0) is 47.4 Å². The molecule has 1 heterocycles. The summed E-state index contributed by atoms with van der Waals surface area (Å²) < 4.78 is 2.85. The third-order valence-electron chi connectivity index (χ3n) is 4.22. The van der Waals surface area contributed by atoms with E-state index in [0.717, 1.165) is 34.7 Å². The topological polar surface area (TPSA) is 69.6 Å². The zero-order valence-electron chi connectivity index (χ0n) is 12.0. The molecular weight excluding hydrogens is 330 g/mol. The van der Waals surface area contributed by atoms with Crippen molar-refractivity contribution in [1.29, 1.82) is 0 Å². The number of aryl methyl sites for hydroxylation is 1. The molecule has 0 aliphatic heterocycles. The van der Waals surface area contributed by atoms with Gasteiger partial charge in [-0.3, -0.25) is 0 Å². The van der Waals surface area contributed by atoms with E-state index < -0.39 is 0 Å². The molecule has 2 N–H and O–H groups in total. The van der Waals surface area contributed by atoms with Crippen LogP contribution in [0.25, 0.3) is 11.4 Å². The van der Waals surface area contributed by atoms with E-state index in [9.17, 15) is 0 Å². The lowest BCUT2D eigenvalue weighted by Gasteiger charge is -2.10. The fraction of sp³-hybridized carbons (Fsp3) is 0.533. The predicted octanol–water partition coefficient (Wildman–Crippen LogP) is 3.66. The number of benzene rings is 1. The van der Waals surface area contributed by atoms with Gasteiger partial charge in [0.05, 0.1) is 0 Å². The highest BCUT2D eigenvalue weighted by molar-refractivity contribution is 9.10. The van der Waals surface area contributed by atoms with Crippen LogP contribution in [0.4, 0.5) is 5.69 Å². The van der Waals surface area contributed by atoms with Gasteiger partial charge < -0.3 is 5.73 Å². The van der Waals surface area contributed by atoms with Gasteiger partial charge >= 0.3 is 0 Å². The summed E-state index contributed by atoms with van der Waals surface area (Å²) in [5.74, 6) is 1.68. The van der Waals surface area contributed by atoms with E-state index in [1.807, 2.05) is 22.9 Å². The number of halogens is 1. The highest BCUT2D eigenvalue weighted by Gasteiger charge is 2.16. The highest BCUT2D eigenvalue weighted by Crippen LogP contribution is 2.30. The molecule has 0 spiro atoms. The summed E-state index contributed by atoms with van der Waals surface area (Å²) in [6, 6.07) is 5.70. The Bertz CT molecular complexity index is 604. The van der Waals surface area contributed by atoms with Gasteiger partial charge in [0.15, 0.2) is 5.82 Å². The van der Waals surface area contributed by atoms with Crippen molar-refractivity contribution in [1.82, 2.24) is 20.2 Å². The van der Waals surface area contributed by atoms with Crippen molar-refractivity contribution in [2.24, 2.45) is 5.92 Å². The van der Waals surface area contributed by atoms with E-state index in [1.54, 1.807) is 0 Å². The molecule has 1 aliphatic carbocycles. The van der Waals surface area contributed by atoms with Crippen molar-refractivity contribution >= 4 is 21.6 Å². The Morgan fingerprint density at radius 3 is 2.90 bits per heavy atom. The fourth-order valence-corrected chi connectivity index (χ4v) is 3.52. The van der Waals surface area contributed by atoms with Crippen molar-refractivity contribution in [3.63, 3.8) is 0 Å². The Kier molecular flexibility index (Phi) is 4.53. The molecule has 1 aromatic heterocycles. The summed E-state index contributed by atoms with van der Waals surface area (Å²) in [6.07, 6.45) is 7.99.